The summed E-state index contributed by atoms with van der Waals surface area (Å²) in [6, 6.07) is 11.3. The molecule has 0 unspecified atom stereocenters. The lowest BCUT2D eigenvalue weighted by molar-refractivity contribution is 0.108. The molecule has 0 bridgehead atoms. The number of hydrogen-bond acceptors (Lipinski definition) is 7. The van der Waals surface area contributed by atoms with Crippen molar-refractivity contribution < 1.29 is 14.2 Å². The fourth-order valence-electron chi connectivity index (χ4n) is 7.17. The van der Waals surface area contributed by atoms with E-state index in [4.69, 9.17) is 9.72 Å². The Kier molecular flexibility index (Phi) is 6.66. The van der Waals surface area contributed by atoms with Crippen LogP contribution in [0.4, 0.5) is 10.2 Å². The molecule has 2 N–H and O–H groups in total. The molecule has 0 atom stereocenters. The molecule has 7 nitrogen and oxygen atoms in total. The lowest BCUT2D eigenvalue weighted by Gasteiger charge is -2.31. The molecule has 2 aliphatic heterocycles. The molecule has 1 saturated carbocycles. The summed E-state index contributed by atoms with van der Waals surface area (Å²) < 4.78 is 22.8. The molecule has 0 radical (unpaired) electrons. The van der Waals surface area contributed by atoms with Crippen LogP contribution in [0.2, 0.25) is 0 Å². The number of anilines is 1. The van der Waals surface area contributed by atoms with E-state index in [0.29, 0.717) is 23.4 Å². The van der Waals surface area contributed by atoms with Gasteiger partial charge in [0.2, 0.25) is 0 Å². The number of aromatic hydroxyl groups is 1. The number of phenols is 1. The summed E-state index contributed by atoms with van der Waals surface area (Å²) in [7, 11) is 0. The molecule has 0 spiro atoms. The number of ether oxygens (including phenoxy) is 1. The monoisotopic (exact) mass is 541 g/mol. The first kappa shape index (κ1) is 25.4. The maximum atomic E-state index is 16.4. The van der Waals surface area contributed by atoms with Gasteiger partial charge >= 0.3 is 6.01 Å². The molecule has 2 aromatic heterocycles. The van der Waals surface area contributed by atoms with Crippen LogP contribution >= 0.6 is 0 Å². The van der Waals surface area contributed by atoms with E-state index in [1.807, 2.05) is 24.3 Å². The standard InChI is InChI=1S/C32H36FN5O2/c33-27-28(25-18-23(39)17-21-9-5-6-12-24(21)25)34-19-26-29(27)36-31(37-30(26)35-22-10-3-1-2-4-11-22)40-20-32-13-7-15-38(32)16-8-14-32/h5-6,9,12,17-19,22,39H,1-4,7-8,10-11,13-16,20H2,(H,35,36,37). The molecular weight excluding hydrogens is 505 g/mol. The molecule has 4 heterocycles. The van der Waals surface area contributed by atoms with Gasteiger partial charge < -0.3 is 15.2 Å². The largest absolute Gasteiger partial charge is 0.508 e. The first-order chi connectivity index (χ1) is 19.6. The van der Waals surface area contributed by atoms with E-state index in [2.05, 4.69) is 20.2 Å². The zero-order chi connectivity index (χ0) is 27.1. The Morgan fingerprint density at radius 1 is 0.975 bits per heavy atom. The third-order valence-electron chi connectivity index (χ3n) is 9.24. The highest BCUT2D eigenvalue weighted by Crippen LogP contribution is 2.40. The van der Waals surface area contributed by atoms with Crippen LogP contribution in [0.5, 0.6) is 11.8 Å². The van der Waals surface area contributed by atoms with Gasteiger partial charge in [-0.15, -0.1) is 0 Å². The van der Waals surface area contributed by atoms with Crippen LogP contribution in [0.1, 0.15) is 64.2 Å². The Morgan fingerprint density at radius 2 is 1.75 bits per heavy atom. The molecule has 1 aliphatic carbocycles. The number of halogens is 1. The van der Waals surface area contributed by atoms with Gasteiger partial charge in [0.15, 0.2) is 5.82 Å². The smallest absolute Gasteiger partial charge is 0.319 e. The van der Waals surface area contributed by atoms with Gasteiger partial charge in [0.05, 0.1) is 10.9 Å². The Labute approximate surface area is 233 Å². The van der Waals surface area contributed by atoms with Crippen LogP contribution < -0.4 is 10.1 Å². The Bertz CT molecular complexity index is 1540. The van der Waals surface area contributed by atoms with E-state index in [0.717, 1.165) is 49.5 Å². The molecular formula is C32H36FN5O2. The average Bonchev–Trinajstić information content (AvgIpc) is 3.44. The number of hydrogen-bond donors (Lipinski definition) is 2. The number of pyridine rings is 1. The second-order valence-electron chi connectivity index (χ2n) is 11.8. The van der Waals surface area contributed by atoms with Gasteiger partial charge in [-0.3, -0.25) is 9.88 Å². The second kappa shape index (κ2) is 10.5. The average molecular weight is 542 g/mol. The number of fused-ring (bicyclic) bond motifs is 3. The number of benzene rings is 2. The molecule has 0 amide bonds. The Hall–Kier alpha value is -3.52. The number of rotatable bonds is 6. The number of phenolic OH excluding ortho intramolecular Hbond substituents is 1. The molecule has 3 aliphatic rings. The van der Waals surface area contributed by atoms with Gasteiger partial charge in [-0.05, 0) is 74.5 Å². The zero-order valence-corrected chi connectivity index (χ0v) is 22.8. The van der Waals surface area contributed by atoms with Crippen molar-refractivity contribution in [2.24, 2.45) is 0 Å². The molecule has 3 fully saturated rings. The summed E-state index contributed by atoms with van der Waals surface area (Å²) in [5.41, 5.74) is 0.905. The first-order valence-electron chi connectivity index (χ1n) is 14.8. The van der Waals surface area contributed by atoms with Crippen molar-refractivity contribution in [3.8, 4) is 23.0 Å². The molecule has 7 rings (SSSR count). The minimum Gasteiger partial charge on any atom is -0.508 e. The minimum atomic E-state index is -0.536. The van der Waals surface area contributed by atoms with Gasteiger partial charge in [0, 0.05) is 17.8 Å². The molecule has 8 heteroatoms. The van der Waals surface area contributed by atoms with Crippen LogP contribution in [-0.4, -0.2) is 56.2 Å². The highest BCUT2D eigenvalue weighted by Gasteiger charge is 2.45. The van der Waals surface area contributed by atoms with Crippen molar-refractivity contribution in [3.05, 3.63) is 48.4 Å². The minimum absolute atomic E-state index is 0.0373. The first-order valence-corrected chi connectivity index (χ1v) is 14.8. The lowest BCUT2D eigenvalue weighted by atomic mass is 9.95. The van der Waals surface area contributed by atoms with Crippen molar-refractivity contribution in [2.45, 2.75) is 75.8 Å². The van der Waals surface area contributed by atoms with Gasteiger partial charge in [-0.1, -0.05) is 49.9 Å². The zero-order valence-electron chi connectivity index (χ0n) is 22.8. The predicted molar refractivity (Wildman–Crippen MR) is 155 cm³/mol. The molecule has 4 aromatic rings. The van der Waals surface area contributed by atoms with Gasteiger partial charge in [0.25, 0.3) is 0 Å². The highest BCUT2D eigenvalue weighted by molar-refractivity contribution is 5.99. The van der Waals surface area contributed by atoms with E-state index in [9.17, 15) is 5.11 Å². The van der Waals surface area contributed by atoms with Crippen molar-refractivity contribution in [1.82, 2.24) is 19.9 Å². The summed E-state index contributed by atoms with van der Waals surface area (Å²) in [6.45, 7) is 2.73. The summed E-state index contributed by atoms with van der Waals surface area (Å²) in [4.78, 5) is 16.5. The number of nitrogens with one attached hydrogen (secondary N) is 1. The summed E-state index contributed by atoms with van der Waals surface area (Å²) in [5.74, 6) is 0.109. The lowest BCUT2D eigenvalue weighted by Crippen LogP contribution is -2.43. The Morgan fingerprint density at radius 3 is 2.55 bits per heavy atom. The third-order valence-corrected chi connectivity index (χ3v) is 9.24. The van der Waals surface area contributed by atoms with Crippen molar-refractivity contribution in [2.75, 3.05) is 25.0 Å². The van der Waals surface area contributed by atoms with Gasteiger partial charge in [-0.2, -0.15) is 9.97 Å². The SMILES string of the molecule is Oc1cc(-c2ncc3c(NC4CCCCCC4)nc(OCC45CCCN4CCC5)nc3c2F)c2ccccc2c1. The molecule has 208 valence electrons. The quantitative estimate of drug-likeness (QED) is 0.259. The topological polar surface area (TPSA) is 83.4 Å². The number of nitrogens with zero attached hydrogens (tertiary/aromatic N) is 4. The highest BCUT2D eigenvalue weighted by atomic mass is 19.1. The molecule has 40 heavy (non-hydrogen) atoms. The van der Waals surface area contributed by atoms with E-state index < -0.39 is 5.82 Å². The summed E-state index contributed by atoms with van der Waals surface area (Å²) in [5, 5.41) is 16.2. The maximum absolute atomic E-state index is 16.4. The van der Waals surface area contributed by atoms with E-state index in [-0.39, 0.29) is 34.6 Å². The van der Waals surface area contributed by atoms with Crippen LogP contribution in [0, 0.1) is 5.82 Å². The summed E-state index contributed by atoms with van der Waals surface area (Å²) >= 11 is 0. The van der Waals surface area contributed by atoms with Gasteiger partial charge in [-0.25, -0.2) is 4.39 Å². The fourth-order valence-corrected chi connectivity index (χ4v) is 7.17. The normalized spacial score (nSPS) is 19.6. The van der Waals surface area contributed by atoms with Crippen LogP contribution in [-0.2, 0) is 0 Å². The molecule has 2 saturated heterocycles. The Balaban J connectivity index is 1.32. The second-order valence-corrected chi connectivity index (χ2v) is 11.8. The van der Waals surface area contributed by atoms with Gasteiger partial charge in [0.1, 0.15) is 29.4 Å². The van der Waals surface area contributed by atoms with Crippen molar-refractivity contribution in [3.63, 3.8) is 0 Å². The summed E-state index contributed by atoms with van der Waals surface area (Å²) in [6.07, 6.45) is 13.2. The van der Waals surface area contributed by atoms with E-state index in [1.165, 1.54) is 38.5 Å². The fraction of sp³-hybridized carbons (Fsp3) is 0.469. The number of aromatic nitrogens is 3. The maximum Gasteiger partial charge on any atom is 0.319 e. The van der Waals surface area contributed by atoms with E-state index >= 15 is 4.39 Å². The van der Waals surface area contributed by atoms with Crippen molar-refractivity contribution in [1.29, 1.82) is 0 Å². The van der Waals surface area contributed by atoms with Crippen molar-refractivity contribution >= 4 is 27.5 Å². The van der Waals surface area contributed by atoms with Crippen LogP contribution in [0.25, 0.3) is 32.9 Å². The van der Waals surface area contributed by atoms with Crippen LogP contribution in [0.15, 0.2) is 42.6 Å². The predicted octanol–water partition coefficient (Wildman–Crippen LogP) is 6.83. The van der Waals surface area contributed by atoms with E-state index in [1.54, 1.807) is 18.3 Å². The molecule has 2 aromatic carbocycles. The third kappa shape index (κ3) is 4.62. The van der Waals surface area contributed by atoms with Crippen LogP contribution in [0.3, 0.4) is 0 Å².